The fourth-order valence-corrected chi connectivity index (χ4v) is 2.29. The lowest BCUT2D eigenvalue weighted by Crippen LogP contribution is -2.49. The number of nitrogens with one attached hydrogen (secondary N) is 1. The Bertz CT molecular complexity index is 242. The lowest BCUT2D eigenvalue weighted by Gasteiger charge is -2.32. The van der Waals surface area contributed by atoms with E-state index in [1.165, 1.54) is 0 Å². The first-order valence-corrected chi connectivity index (χ1v) is 6.58. The number of nitrogens with two attached hydrogens (primary N) is 1. The molecule has 0 heterocycles. The van der Waals surface area contributed by atoms with Gasteiger partial charge in [0, 0.05) is 17.5 Å². The summed E-state index contributed by atoms with van der Waals surface area (Å²) >= 11 is 0. The highest BCUT2D eigenvalue weighted by atomic mass is 35.5. The van der Waals surface area contributed by atoms with Crippen molar-refractivity contribution in [1.82, 2.24) is 5.32 Å². The molecule has 1 saturated carbocycles. The smallest absolute Gasteiger partial charge is 0.223 e. The van der Waals surface area contributed by atoms with Crippen LogP contribution in [-0.2, 0) is 4.79 Å². The average Bonchev–Trinajstić information content (AvgIpc) is 2.29. The molecule has 3 N–H and O–H groups in total. The highest BCUT2D eigenvalue weighted by Crippen LogP contribution is 2.24. The third-order valence-electron chi connectivity index (χ3n) is 4.07. The highest BCUT2D eigenvalue weighted by Gasteiger charge is 2.29. The molecule has 102 valence electrons. The summed E-state index contributed by atoms with van der Waals surface area (Å²) < 4.78 is 0. The first kappa shape index (κ1) is 16.7. The third kappa shape index (κ3) is 4.84. The van der Waals surface area contributed by atoms with Gasteiger partial charge in [0.05, 0.1) is 0 Å². The van der Waals surface area contributed by atoms with Crippen molar-refractivity contribution < 1.29 is 4.79 Å². The molecule has 2 atom stereocenters. The van der Waals surface area contributed by atoms with Crippen LogP contribution in [0.4, 0.5) is 0 Å². The van der Waals surface area contributed by atoms with Gasteiger partial charge in [-0.1, -0.05) is 20.3 Å². The molecule has 3 nitrogen and oxygen atoms in total. The zero-order valence-electron chi connectivity index (χ0n) is 11.3. The fraction of sp³-hybridized carbons (Fsp3) is 0.923. The molecule has 0 radical (unpaired) electrons. The molecule has 17 heavy (non-hydrogen) atoms. The Kier molecular flexibility index (Phi) is 7.10. The SMILES string of the molecule is CCC(C)(CC)NC(=O)C1CCCC(N)C1.Cl. The molecule has 1 aliphatic rings. The molecule has 1 aliphatic carbocycles. The van der Waals surface area contributed by atoms with Crippen LogP contribution in [0.1, 0.15) is 59.3 Å². The maximum absolute atomic E-state index is 12.1. The minimum Gasteiger partial charge on any atom is -0.351 e. The van der Waals surface area contributed by atoms with E-state index in [1.54, 1.807) is 0 Å². The molecular weight excluding hydrogens is 236 g/mol. The van der Waals surface area contributed by atoms with Crippen LogP contribution in [0, 0.1) is 5.92 Å². The molecule has 0 bridgehead atoms. The van der Waals surface area contributed by atoms with Crippen molar-refractivity contribution >= 4 is 18.3 Å². The van der Waals surface area contributed by atoms with Crippen LogP contribution in [0.2, 0.25) is 0 Å². The van der Waals surface area contributed by atoms with Crippen molar-refractivity contribution in [2.75, 3.05) is 0 Å². The van der Waals surface area contributed by atoms with Crippen molar-refractivity contribution in [2.24, 2.45) is 11.7 Å². The molecule has 0 aliphatic heterocycles. The summed E-state index contributed by atoms with van der Waals surface area (Å²) in [6.07, 6.45) is 5.98. The first-order valence-electron chi connectivity index (χ1n) is 6.58. The van der Waals surface area contributed by atoms with Gasteiger partial charge in [0.1, 0.15) is 0 Å². The number of halogens is 1. The molecule has 0 aromatic heterocycles. The van der Waals surface area contributed by atoms with Crippen molar-refractivity contribution in [3.05, 3.63) is 0 Å². The van der Waals surface area contributed by atoms with E-state index in [2.05, 4.69) is 26.1 Å². The van der Waals surface area contributed by atoms with Gasteiger partial charge in [-0.2, -0.15) is 0 Å². The topological polar surface area (TPSA) is 55.1 Å². The predicted molar refractivity (Wildman–Crippen MR) is 74.3 cm³/mol. The molecule has 0 spiro atoms. The lowest BCUT2D eigenvalue weighted by atomic mass is 9.84. The summed E-state index contributed by atoms with van der Waals surface area (Å²) in [5.41, 5.74) is 5.87. The van der Waals surface area contributed by atoms with Crippen LogP contribution < -0.4 is 11.1 Å². The van der Waals surface area contributed by atoms with Crippen molar-refractivity contribution in [3.63, 3.8) is 0 Å². The Balaban J connectivity index is 0.00000256. The van der Waals surface area contributed by atoms with Crippen LogP contribution in [0.25, 0.3) is 0 Å². The van der Waals surface area contributed by atoms with Crippen LogP contribution in [0.5, 0.6) is 0 Å². The zero-order valence-corrected chi connectivity index (χ0v) is 12.1. The van der Waals surface area contributed by atoms with Gasteiger partial charge >= 0.3 is 0 Å². The summed E-state index contributed by atoms with van der Waals surface area (Å²) in [4.78, 5) is 12.1. The average molecular weight is 263 g/mol. The normalized spacial score (nSPS) is 24.9. The van der Waals surface area contributed by atoms with Crippen LogP contribution >= 0.6 is 12.4 Å². The number of rotatable bonds is 4. The Morgan fingerprint density at radius 3 is 2.41 bits per heavy atom. The molecule has 4 heteroatoms. The van der Waals surface area contributed by atoms with Gasteiger partial charge in [0.2, 0.25) is 5.91 Å². The molecule has 1 amide bonds. The zero-order chi connectivity index (χ0) is 12.2. The monoisotopic (exact) mass is 262 g/mol. The van der Waals surface area contributed by atoms with Crippen LogP contribution in [-0.4, -0.2) is 17.5 Å². The third-order valence-corrected chi connectivity index (χ3v) is 4.07. The first-order chi connectivity index (χ1) is 7.50. The van der Waals surface area contributed by atoms with E-state index in [9.17, 15) is 4.79 Å². The summed E-state index contributed by atoms with van der Waals surface area (Å²) in [5.74, 6) is 0.350. The van der Waals surface area contributed by atoms with E-state index in [4.69, 9.17) is 5.73 Å². The molecule has 0 aromatic carbocycles. The van der Waals surface area contributed by atoms with E-state index in [1.807, 2.05) is 0 Å². The molecule has 2 unspecified atom stereocenters. The van der Waals surface area contributed by atoms with Crippen molar-refractivity contribution in [1.29, 1.82) is 0 Å². The van der Waals surface area contributed by atoms with Crippen molar-refractivity contribution in [3.8, 4) is 0 Å². The summed E-state index contributed by atoms with van der Waals surface area (Å²) in [6.45, 7) is 6.36. The Hall–Kier alpha value is -0.280. The number of amides is 1. The quantitative estimate of drug-likeness (QED) is 0.818. The summed E-state index contributed by atoms with van der Waals surface area (Å²) in [6, 6.07) is 0.221. The second-order valence-corrected chi connectivity index (χ2v) is 5.38. The number of carbonyl (C=O) groups excluding carboxylic acids is 1. The molecular formula is C13H27ClN2O. The second kappa shape index (κ2) is 7.22. The van der Waals surface area contributed by atoms with Crippen LogP contribution in [0.15, 0.2) is 0 Å². The van der Waals surface area contributed by atoms with E-state index in [-0.39, 0.29) is 35.8 Å². The second-order valence-electron chi connectivity index (χ2n) is 5.38. The largest absolute Gasteiger partial charge is 0.351 e. The summed E-state index contributed by atoms with van der Waals surface area (Å²) in [7, 11) is 0. The number of hydrogen-bond donors (Lipinski definition) is 2. The highest BCUT2D eigenvalue weighted by molar-refractivity contribution is 5.85. The predicted octanol–water partition coefficient (Wildman–Crippen LogP) is 2.62. The van der Waals surface area contributed by atoms with Gasteiger partial charge in [-0.05, 0) is 39.0 Å². The van der Waals surface area contributed by atoms with E-state index in [0.717, 1.165) is 38.5 Å². The summed E-state index contributed by atoms with van der Waals surface area (Å²) in [5, 5.41) is 3.19. The maximum atomic E-state index is 12.1. The standard InChI is InChI=1S/C13H26N2O.ClH/c1-4-13(3,5-2)15-12(16)10-7-6-8-11(14)9-10;/h10-11H,4-9,14H2,1-3H3,(H,15,16);1H. The molecule has 0 saturated heterocycles. The van der Waals surface area contributed by atoms with Gasteiger partial charge < -0.3 is 11.1 Å². The number of hydrogen-bond acceptors (Lipinski definition) is 2. The van der Waals surface area contributed by atoms with E-state index >= 15 is 0 Å². The Labute approximate surface area is 111 Å². The van der Waals surface area contributed by atoms with Gasteiger partial charge in [0.15, 0.2) is 0 Å². The molecule has 1 fully saturated rings. The van der Waals surface area contributed by atoms with Gasteiger partial charge in [0.25, 0.3) is 0 Å². The molecule has 0 aromatic rings. The minimum absolute atomic E-state index is 0. The Morgan fingerprint density at radius 2 is 1.94 bits per heavy atom. The Morgan fingerprint density at radius 1 is 1.35 bits per heavy atom. The van der Waals surface area contributed by atoms with Crippen LogP contribution in [0.3, 0.4) is 0 Å². The van der Waals surface area contributed by atoms with Crippen molar-refractivity contribution in [2.45, 2.75) is 70.9 Å². The van der Waals surface area contributed by atoms with Gasteiger partial charge in [-0.25, -0.2) is 0 Å². The lowest BCUT2D eigenvalue weighted by molar-refractivity contribution is -0.128. The van der Waals surface area contributed by atoms with Gasteiger partial charge in [-0.15, -0.1) is 12.4 Å². The molecule has 1 rings (SSSR count). The minimum atomic E-state index is -0.0430. The van der Waals surface area contributed by atoms with Gasteiger partial charge in [-0.3, -0.25) is 4.79 Å². The van der Waals surface area contributed by atoms with E-state index < -0.39 is 0 Å². The van der Waals surface area contributed by atoms with E-state index in [0.29, 0.717) is 0 Å². The fourth-order valence-electron chi connectivity index (χ4n) is 2.29. The maximum Gasteiger partial charge on any atom is 0.223 e. The number of carbonyl (C=O) groups is 1.